The van der Waals surface area contributed by atoms with Gasteiger partial charge in [-0.15, -0.1) is 0 Å². The Bertz CT molecular complexity index is 427. The van der Waals surface area contributed by atoms with Gasteiger partial charge in [-0.1, -0.05) is 32.6 Å². The van der Waals surface area contributed by atoms with E-state index in [-0.39, 0.29) is 5.91 Å². The topological polar surface area (TPSA) is 54.0 Å². The molecular weight excluding hydrogens is 250 g/mol. The summed E-state index contributed by atoms with van der Waals surface area (Å²) in [7, 11) is 0. The van der Waals surface area contributed by atoms with Gasteiger partial charge in [0.05, 0.1) is 0 Å². The number of hydrogen-bond donors (Lipinski definition) is 2. The van der Waals surface area contributed by atoms with E-state index in [1.807, 2.05) is 12.1 Å². The van der Waals surface area contributed by atoms with E-state index < -0.39 is 0 Å². The van der Waals surface area contributed by atoms with Crippen LogP contribution in [0.3, 0.4) is 0 Å². The van der Waals surface area contributed by atoms with Crippen molar-refractivity contribution in [2.75, 3.05) is 18.4 Å². The van der Waals surface area contributed by atoms with Crippen LogP contribution in [-0.4, -0.2) is 24.0 Å². The third-order valence-corrected chi connectivity index (χ3v) is 3.88. The van der Waals surface area contributed by atoms with E-state index in [0.717, 1.165) is 37.5 Å². The number of amides is 1. The van der Waals surface area contributed by atoms with Gasteiger partial charge < -0.3 is 10.6 Å². The van der Waals surface area contributed by atoms with Gasteiger partial charge in [-0.2, -0.15) is 0 Å². The van der Waals surface area contributed by atoms with E-state index in [1.54, 1.807) is 6.20 Å². The molecule has 0 spiro atoms. The van der Waals surface area contributed by atoms with Crippen LogP contribution in [0.1, 0.15) is 55.9 Å². The lowest BCUT2D eigenvalue weighted by molar-refractivity contribution is 0.0946. The Hall–Kier alpha value is -1.58. The number of carbonyl (C=O) groups excluding carboxylic acids is 1. The highest BCUT2D eigenvalue weighted by Crippen LogP contribution is 2.26. The van der Waals surface area contributed by atoms with E-state index in [4.69, 9.17) is 0 Å². The second-order valence-electron chi connectivity index (χ2n) is 5.55. The first kappa shape index (κ1) is 14.8. The van der Waals surface area contributed by atoms with Crippen molar-refractivity contribution in [2.45, 2.75) is 45.4 Å². The van der Waals surface area contributed by atoms with Crippen LogP contribution >= 0.6 is 0 Å². The van der Waals surface area contributed by atoms with Crippen molar-refractivity contribution in [3.05, 3.63) is 24.0 Å². The second-order valence-corrected chi connectivity index (χ2v) is 5.55. The molecule has 0 aliphatic heterocycles. The summed E-state index contributed by atoms with van der Waals surface area (Å²) in [5.74, 6) is 0.740. The van der Waals surface area contributed by atoms with Gasteiger partial charge in [-0.25, -0.2) is 0 Å². The molecule has 2 N–H and O–H groups in total. The van der Waals surface area contributed by atoms with Crippen LogP contribution in [0.5, 0.6) is 0 Å². The zero-order chi connectivity index (χ0) is 14.2. The summed E-state index contributed by atoms with van der Waals surface area (Å²) < 4.78 is 0. The summed E-state index contributed by atoms with van der Waals surface area (Å²) in [6.07, 6.45) is 9.19. The Balaban J connectivity index is 1.78. The largest absolute Gasteiger partial charge is 0.385 e. The normalized spacial score (nSPS) is 15.2. The highest BCUT2D eigenvalue weighted by atomic mass is 16.1. The number of hydrogen-bond acceptors (Lipinski definition) is 3. The van der Waals surface area contributed by atoms with Crippen molar-refractivity contribution in [2.24, 2.45) is 5.92 Å². The summed E-state index contributed by atoms with van der Waals surface area (Å²) in [6, 6.07) is 3.71. The van der Waals surface area contributed by atoms with Crippen molar-refractivity contribution in [1.29, 1.82) is 0 Å². The highest BCUT2D eigenvalue weighted by Gasteiger charge is 2.15. The summed E-state index contributed by atoms with van der Waals surface area (Å²) in [5.41, 5.74) is 1.46. The molecular formula is C16H25N3O. The smallest absolute Gasteiger partial charge is 0.269 e. The van der Waals surface area contributed by atoms with Crippen molar-refractivity contribution in [1.82, 2.24) is 10.3 Å². The van der Waals surface area contributed by atoms with Crippen molar-refractivity contribution in [3.63, 3.8) is 0 Å². The summed E-state index contributed by atoms with van der Waals surface area (Å²) in [4.78, 5) is 16.2. The molecule has 4 nitrogen and oxygen atoms in total. The van der Waals surface area contributed by atoms with E-state index in [1.165, 1.54) is 25.7 Å². The predicted octanol–water partition coefficient (Wildman–Crippen LogP) is 3.21. The number of nitrogens with zero attached hydrogens (tertiary/aromatic N) is 1. The van der Waals surface area contributed by atoms with Crippen LogP contribution in [0.15, 0.2) is 18.3 Å². The molecule has 20 heavy (non-hydrogen) atoms. The Labute approximate surface area is 121 Å². The average Bonchev–Trinajstić information content (AvgIpc) is 2.98. The van der Waals surface area contributed by atoms with E-state index in [2.05, 4.69) is 22.5 Å². The summed E-state index contributed by atoms with van der Waals surface area (Å²) >= 11 is 0. The molecule has 1 saturated carbocycles. The number of carbonyl (C=O) groups is 1. The van der Waals surface area contributed by atoms with Crippen molar-refractivity contribution in [3.8, 4) is 0 Å². The fraction of sp³-hybridized carbons (Fsp3) is 0.625. The van der Waals surface area contributed by atoms with Gasteiger partial charge in [0, 0.05) is 25.0 Å². The molecule has 1 aliphatic carbocycles. The zero-order valence-electron chi connectivity index (χ0n) is 12.3. The Kier molecular flexibility index (Phi) is 5.84. The Morgan fingerprint density at radius 2 is 2.15 bits per heavy atom. The van der Waals surface area contributed by atoms with Crippen LogP contribution < -0.4 is 10.6 Å². The first-order valence-corrected chi connectivity index (χ1v) is 7.77. The highest BCUT2D eigenvalue weighted by molar-refractivity contribution is 5.93. The Morgan fingerprint density at radius 1 is 1.35 bits per heavy atom. The fourth-order valence-electron chi connectivity index (χ4n) is 2.71. The van der Waals surface area contributed by atoms with Crippen LogP contribution in [-0.2, 0) is 0 Å². The minimum atomic E-state index is -0.0665. The first-order chi connectivity index (χ1) is 9.79. The molecule has 1 fully saturated rings. The molecule has 1 aliphatic rings. The summed E-state index contributed by atoms with van der Waals surface area (Å²) in [6.45, 7) is 3.79. The minimum Gasteiger partial charge on any atom is -0.385 e. The van der Waals surface area contributed by atoms with Gasteiger partial charge in [0.15, 0.2) is 0 Å². The van der Waals surface area contributed by atoms with E-state index >= 15 is 0 Å². The average molecular weight is 275 g/mol. The molecule has 2 rings (SSSR count). The van der Waals surface area contributed by atoms with Gasteiger partial charge in [0.1, 0.15) is 5.69 Å². The van der Waals surface area contributed by atoms with Gasteiger partial charge in [0.2, 0.25) is 0 Å². The Morgan fingerprint density at radius 3 is 2.90 bits per heavy atom. The third-order valence-electron chi connectivity index (χ3n) is 3.88. The molecule has 0 atom stereocenters. The van der Waals surface area contributed by atoms with E-state index in [9.17, 15) is 4.79 Å². The van der Waals surface area contributed by atoms with Crippen molar-refractivity contribution >= 4 is 11.6 Å². The predicted molar refractivity (Wildman–Crippen MR) is 81.9 cm³/mol. The SMILES string of the molecule is CCCNc1ccnc(C(=O)NCCC2CCCC2)c1. The maximum atomic E-state index is 12.0. The standard InChI is InChI=1S/C16H25N3O/c1-2-9-17-14-8-11-18-15(12-14)16(20)19-10-7-13-5-3-4-6-13/h8,11-13H,2-7,9-10H2,1H3,(H,17,18)(H,19,20). The fourth-order valence-corrected chi connectivity index (χ4v) is 2.71. The molecule has 1 heterocycles. The second kappa shape index (κ2) is 7.88. The van der Waals surface area contributed by atoms with Gasteiger partial charge in [0.25, 0.3) is 5.91 Å². The number of pyridine rings is 1. The number of nitrogens with one attached hydrogen (secondary N) is 2. The van der Waals surface area contributed by atoms with Gasteiger partial charge >= 0.3 is 0 Å². The maximum absolute atomic E-state index is 12.0. The maximum Gasteiger partial charge on any atom is 0.269 e. The molecule has 0 aromatic carbocycles. The number of rotatable bonds is 7. The van der Waals surface area contributed by atoms with Crippen molar-refractivity contribution < 1.29 is 4.79 Å². The number of anilines is 1. The molecule has 0 bridgehead atoms. The quantitative estimate of drug-likeness (QED) is 0.803. The van der Waals surface area contributed by atoms with Gasteiger partial charge in [-0.3, -0.25) is 9.78 Å². The van der Waals surface area contributed by atoms with E-state index in [0.29, 0.717) is 5.69 Å². The molecule has 0 radical (unpaired) electrons. The third kappa shape index (κ3) is 4.51. The summed E-state index contributed by atoms with van der Waals surface area (Å²) in [5, 5.41) is 6.25. The molecule has 0 unspecified atom stereocenters. The van der Waals surface area contributed by atoms with Crippen LogP contribution in [0.2, 0.25) is 0 Å². The monoisotopic (exact) mass is 275 g/mol. The van der Waals surface area contributed by atoms with Gasteiger partial charge in [-0.05, 0) is 30.9 Å². The first-order valence-electron chi connectivity index (χ1n) is 7.77. The molecule has 1 aromatic rings. The molecule has 110 valence electrons. The van der Waals surface area contributed by atoms with Crippen LogP contribution in [0.25, 0.3) is 0 Å². The molecule has 4 heteroatoms. The minimum absolute atomic E-state index is 0.0665. The molecule has 1 aromatic heterocycles. The van der Waals surface area contributed by atoms with Crippen LogP contribution in [0, 0.1) is 5.92 Å². The zero-order valence-corrected chi connectivity index (χ0v) is 12.3. The molecule has 1 amide bonds. The lowest BCUT2D eigenvalue weighted by Gasteiger charge is -2.10. The molecule has 0 saturated heterocycles. The lowest BCUT2D eigenvalue weighted by atomic mass is 10.0. The lowest BCUT2D eigenvalue weighted by Crippen LogP contribution is -2.26. The van der Waals surface area contributed by atoms with Crippen LogP contribution in [0.4, 0.5) is 5.69 Å². The number of aromatic nitrogens is 1.